The van der Waals surface area contributed by atoms with Crippen LogP contribution in [0, 0.1) is 0 Å². The van der Waals surface area contributed by atoms with Gasteiger partial charge in [-0.05, 0) is 38.3 Å². The number of anilines is 1. The van der Waals surface area contributed by atoms with Gasteiger partial charge in [-0.3, -0.25) is 0 Å². The van der Waals surface area contributed by atoms with E-state index in [1.807, 2.05) is 13.0 Å². The average Bonchev–Trinajstić information content (AvgIpc) is 2.85. The van der Waals surface area contributed by atoms with Gasteiger partial charge in [-0.25, -0.2) is 0 Å². The van der Waals surface area contributed by atoms with Crippen LogP contribution in [0.2, 0.25) is 0 Å². The first-order valence-electron chi connectivity index (χ1n) is 6.88. The third kappa shape index (κ3) is 2.32. The van der Waals surface area contributed by atoms with Crippen molar-refractivity contribution in [1.29, 1.82) is 0 Å². The number of nitrogens with zero attached hydrogens (tertiary/aromatic N) is 1. The van der Waals surface area contributed by atoms with Crippen molar-refractivity contribution in [3.63, 3.8) is 0 Å². The molecular weight excluding hydrogens is 224 g/mol. The lowest BCUT2D eigenvalue weighted by atomic mass is 10.0. The smallest absolute Gasteiger partial charge is 0.125 e. The lowest BCUT2D eigenvalue weighted by Crippen LogP contribution is -2.30. The van der Waals surface area contributed by atoms with Crippen molar-refractivity contribution in [3.8, 4) is 5.75 Å². The highest BCUT2D eigenvalue weighted by Crippen LogP contribution is 2.37. The van der Waals surface area contributed by atoms with E-state index in [0.29, 0.717) is 6.04 Å². The van der Waals surface area contributed by atoms with E-state index in [2.05, 4.69) is 24.0 Å². The molecule has 1 saturated heterocycles. The molecule has 2 N–H and O–H groups in total. The number of hydrogen-bond donors (Lipinski definition) is 1. The van der Waals surface area contributed by atoms with Crippen LogP contribution >= 0.6 is 0 Å². The van der Waals surface area contributed by atoms with Crippen LogP contribution in [0.25, 0.3) is 0 Å². The molecule has 1 unspecified atom stereocenters. The van der Waals surface area contributed by atoms with Crippen molar-refractivity contribution in [1.82, 2.24) is 0 Å². The quantitative estimate of drug-likeness (QED) is 0.890. The summed E-state index contributed by atoms with van der Waals surface area (Å²) in [6.07, 6.45) is 3.75. The van der Waals surface area contributed by atoms with Gasteiger partial charge in [0, 0.05) is 29.9 Å². The molecule has 18 heavy (non-hydrogen) atoms. The largest absolute Gasteiger partial charge is 0.496 e. The number of hydrogen-bond acceptors (Lipinski definition) is 3. The van der Waals surface area contributed by atoms with Crippen LogP contribution in [0.3, 0.4) is 0 Å². The minimum atomic E-state index is -0.00532. The van der Waals surface area contributed by atoms with Gasteiger partial charge in [0.1, 0.15) is 5.75 Å². The fourth-order valence-corrected chi connectivity index (χ4v) is 3.00. The molecule has 2 rings (SSSR count). The van der Waals surface area contributed by atoms with Crippen LogP contribution in [-0.2, 0) is 0 Å². The maximum absolute atomic E-state index is 6.14. The molecule has 0 bridgehead atoms. The van der Waals surface area contributed by atoms with Gasteiger partial charge in [-0.15, -0.1) is 0 Å². The minimum Gasteiger partial charge on any atom is -0.496 e. The predicted octanol–water partition coefficient (Wildman–Crippen LogP) is 3.09. The normalized spacial score (nSPS) is 21.1. The molecule has 1 aliphatic rings. The molecule has 3 heteroatoms. The van der Waals surface area contributed by atoms with Crippen LogP contribution in [0.15, 0.2) is 18.2 Å². The zero-order chi connectivity index (χ0) is 13.1. The second-order valence-electron chi connectivity index (χ2n) is 5.08. The molecule has 0 amide bonds. The first-order valence-corrected chi connectivity index (χ1v) is 6.88. The van der Waals surface area contributed by atoms with Gasteiger partial charge in [-0.2, -0.15) is 0 Å². The highest BCUT2D eigenvalue weighted by Gasteiger charge is 2.26. The van der Waals surface area contributed by atoms with E-state index in [0.717, 1.165) is 17.9 Å². The van der Waals surface area contributed by atoms with E-state index in [1.54, 1.807) is 7.11 Å². The molecule has 0 spiro atoms. The van der Waals surface area contributed by atoms with Gasteiger partial charge in [0.05, 0.1) is 7.11 Å². The van der Waals surface area contributed by atoms with Gasteiger partial charge in [-0.1, -0.05) is 13.0 Å². The van der Waals surface area contributed by atoms with Crippen LogP contribution < -0.4 is 15.4 Å². The van der Waals surface area contributed by atoms with Gasteiger partial charge in [0.15, 0.2) is 0 Å². The Hall–Kier alpha value is -1.22. The van der Waals surface area contributed by atoms with Gasteiger partial charge < -0.3 is 15.4 Å². The standard InChI is InChI=1S/C15H24N2O/c1-4-12-7-6-10-17(12)13-8-5-9-14(18-3)15(13)11(2)16/h5,8-9,11-12H,4,6-7,10,16H2,1-3H3/t11-,12?/m1/s1. The molecule has 3 nitrogen and oxygen atoms in total. The molecular formula is C15H24N2O. The average molecular weight is 248 g/mol. The summed E-state index contributed by atoms with van der Waals surface area (Å²) in [7, 11) is 1.71. The van der Waals surface area contributed by atoms with E-state index in [4.69, 9.17) is 10.5 Å². The van der Waals surface area contributed by atoms with Gasteiger partial charge in [0.2, 0.25) is 0 Å². The topological polar surface area (TPSA) is 38.5 Å². The van der Waals surface area contributed by atoms with Crippen molar-refractivity contribution in [3.05, 3.63) is 23.8 Å². The molecule has 1 heterocycles. The molecule has 1 aromatic rings. The van der Waals surface area contributed by atoms with Crippen molar-refractivity contribution in [2.75, 3.05) is 18.6 Å². The van der Waals surface area contributed by atoms with Crippen LogP contribution in [0.5, 0.6) is 5.75 Å². The van der Waals surface area contributed by atoms with Gasteiger partial charge in [0.25, 0.3) is 0 Å². The lowest BCUT2D eigenvalue weighted by molar-refractivity contribution is 0.406. The molecule has 2 atom stereocenters. The predicted molar refractivity (Wildman–Crippen MR) is 76.3 cm³/mol. The number of benzene rings is 1. The van der Waals surface area contributed by atoms with Crippen molar-refractivity contribution in [2.24, 2.45) is 5.73 Å². The monoisotopic (exact) mass is 248 g/mol. The second-order valence-corrected chi connectivity index (χ2v) is 5.08. The molecule has 1 aliphatic heterocycles. The lowest BCUT2D eigenvalue weighted by Gasteiger charge is -2.30. The van der Waals surface area contributed by atoms with Crippen LogP contribution in [-0.4, -0.2) is 19.7 Å². The summed E-state index contributed by atoms with van der Waals surface area (Å²) in [5.74, 6) is 0.907. The Labute approximate surface area is 110 Å². The Kier molecular flexibility index (Phi) is 4.12. The van der Waals surface area contributed by atoms with E-state index >= 15 is 0 Å². The maximum atomic E-state index is 6.14. The summed E-state index contributed by atoms with van der Waals surface area (Å²) in [4.78, 5) is 2.50. The minimum absolute atomic E-state index is 0.00532. The van der Waals surface area contributed by atoms with E-state index in [-0.39, 0.29) is 6.04 Å². The van der Waals surface area contributed by atoms with Crippen molar-refractivity contribution >= 4 is 5.69 Å². The number of ether oxygens (including phenoxy) is 1. The zero-order valence-electron chi connectivity index (χ0n) is 11.6. The third-order valence-corrected chi connectivity index (χ3v) is 3.88. The Morgan fingerprint density at radius 3 is 2.89 bits per heavy atom. The second kappa shape index (κ2) is 5.61. The zero-order valence-corrected chi connectivity index (χ0v) is 11.6. The molecule has 0 radical (unpaired) electrons. The first kappa shape index (κ1) is 13.2. The Morgan fingerprint density at radius 1 is 1.50 bits per heavy atom. The van der Waals surface area contributed by atoms with E-state index < -0.39 is 0 Å². The fraction of sp³-hybridized carbons (Fsp3) is 0.600. The Morgan fingerprint density at radius 2 is 2.28 bits per heavy atom. The SMILES string of the molecule is CCC1CCCN1c1cccc(OC)c1[C@@H](C)N. The summed E-state index contributed by atoms with van der Waals surface area (Å²) in [5.41, 5.74) is 8.54. The summed E-state index contributed by atoms with van der Waals surface area (Å²) in [6.45, 7) is 5.42. The van der Waals surface area contributed by atoms with Gasteiger partial charge >= 0.3 is 0 Å². The molecule has 1 fully saturated rings. The number of nitrogens with two attached hydrogens (primary N) is 1. The Balaban J connectivity index is 2.43. The van der Waals surface area contributed by atoms with Crippen LogP contribution in [0.4, 0.5) is 5.69 Å². The Bertz CT molecular complexity index is 403. The van der Waals surface area contributed by atoms with Crippen LogP contribution in [0.1, 0.15) is 44.7 Å². The number of methoxy groups -OCH3 is 1. The molecule has 1 aromatic carbocycles. The van der Waals surface area contributed by atoms with Crippen molar-refractivity contribution in [2.45, 2.75) is 45.2 Å². The summed E-state index contributed by atoms with van der Waals surface area (Å²) in [6, 6.07) is 6.88. The van der Waals surface area contributed by atoms with E-state index in [9.17, 15) is 0 Å². The van der Waals surface area contributed by atoms with E-state index in [1.165, 1.54) is 24.9 Å². The van der Waals surface area contributed by atoms with Crippen molar-refractivity contribution < 1.29 is 4.74 Å². The molecule has 0 aliphatic carbocycles. The maximum Gasteiger partial charge on any atom is 0.125 e. The molecule has 100 valence electrons. The first-order chi connectivity index (χ1) is 8.69. The highest BCUT2D eigenvalue weighted by atomic mass is 16.5. The molecule has 0 aromatic heterocycles. The fourth-order valence-electron chi connectivity index (χ4n) is 3.00. The molecule has 0 saturated carbocycles. The highest BCUT2D eigenvalue weighted by molar-refractivity contribution is 5.61. The summed E-state index contributed by atoms with van der Waals surface area (Å²) < 4.78 is 5.47. The summed E-state index contributed by atoms with van der Waals surface area (Å²) in [5, 5.41) is 0. The summed E-state index contributed by atoms with van der Waals surface area (Å²) >= 11 is 0. The third-order valence-electron chi connectivity index (χ3n) is 3.88. The number of rotatable bonds is 4.